The molecule has 0 heterocycles. The first-order valence-corrected chi connectivity index (χ1v) is 12.4. The molecule has 0 amide bonds. The van der Waals surface area contributed by atoms with Crippen LogP contribution in [0.5, 0.6) is 5.75 Å². The molecule has 0 spiro atoms. The Morgan fingerprint density at radius 1 is 1.05 bits per heavy atom. The largest absolute Gasteiger partial charge is 0.487 e. The SMILES string of the molecule is C=C(C)CN(c1ccc(C(F)(F)F)cc1OCc1ccc(C=CC(=O)O)cc1)S(=O)(=O)c1ccccc1. The van der Waals surface area contributed by atoms with E-state index in [9.17, 15) is 26.4 Å². The minimum Gasteiger partial charge on any atom is -0.487 e. The molecule has 3 rings (SSSR count). The van der Waals surface area contributed by atoms with Crippen LogP contribution in [0.4, 0.5) is 18.9 Å². The lowest BCUT2D eigenvalue weighted by Gasteiger charge is -2.27. The summed E-state index contributed by atoms with van der Waals surface area (Å²) in [5, 5.41) is 8.74. The number of halogens is 3. The number of hydrogen-bond donors (Lipinski definition) is 1. The fourth-order valence-corrected chi connectivity index (χ4v) is 4.89. The van der Waals surface area contributed by atoms with Gasteiger partial charge in [-0.3, -0.25) is 4.31 Å². The van der Waals surface area contributed by atoms with Gasteiger partial charge in [-0.1, -0.05) is 54.6 Å². The molecule has 0 radical (unpaired) electrons. The number of nitrogens with zero attached hydrogens (tertiary/aromatic N) is 1. The Kier molecular flexibility index (Phi) is 8.44. The van der Waals surface area contributed by atoms with Crippen molar-refractivity contribution in [1.82, 2.24) is 0 Å². The molecule has 1 N–H and O–H groups in total. The van der Waals surface area contributed by atoms with E-state index in [1.54, 1.807) is 49.4 Å². The summed E-state index contributed by atoms with van der Waals surface area (Å²) >= 11 is 0. The molecule has 0 atom stereocenters. The second-order valence-electron chi connectivity index (χ2n) is 8.16. The van der Waals surface area contributed by atoms with Crippen molar-refractivity contribution in [2.24, 2.45) is 0 Å². The first kappa shape index (κ1) is 27.5. The van der Waals surface area contributed by atoms with Crippen LogP contribution < -0.4 is 9.04 Å². The Hall–Kier alpha value is -4.05. The average molecular weight is 532 g/mol. The third-order valence-electron chi connectivity index (χ3n) is 5.09. The molecule has 37 heavy (non-hydrogen) atoms. The number of ether oxygens (including phenoxy) is 1. The quantitative estimate of drug-likeness (QED) is 0.251. The number of carboxylic acid groups (broad SMARTS) is 1. The molecular formula is C27H24F3NO5S. The van der Waals surface area contributed by atoms with Crippen molar-refractivity contribution < 1.29 is 36.2 Å². The molecular weight excluding hydrogens is 507 g/mol. The first-order valence-electron chi connectivity index (χ1n) is 10.9. The standard InChI is InChI=1S/C27H24F3NO5S/c1-19(2)17-31(37(34,35)23-6-4-3-5-7-23)24-14-13-22(27(28,29)30)16-25(24)36-18-21-10-8-20(9-11-21)12-15-26(32)33/h3-16H,1,17-18H2,2H3,(H,32,33). The molecule has 0 unspecified atom stereocenters. The zero-order valence-corrected chi connectivity index (χ0v) is 20.6. The summed E-state index contributed by atoms with van der Waals surface area (Å²) in [6.45, 7) is 5.04. The molecule has 0 aromatic heterocycles. The number of hydrogen-bond acceptors (Lipinski definition) is 4. The van der Waals surface area contributed by atoms with Crippen molar-refractivity contribution in [3.63, 3.8) is 0 Å². The van der Waals surface area contributed by atoms with Gasteiger partial charge in [-0.15, -0.1) is 0 Å². The van der Waals surface area contributed by atoms with E-state index in [0.29, 0.717) is 16.7 Å². The Bertz CT molecular complexity index is 1400. The smallest absolute Gasteiger partial charge is 0.416 e. The number of rotatable bonds is 10. The molecule has 6 nitrogen and oxygen atoms in total. The van der Waals surface area contributed by atoms with Gasteiger partial charge in [0.2, 0.25) is 0 Å². The molecule has 10 heteroatoms. The summed E-state index contributed by atoms with van der Waals surface area (Å²) in [5.41, 5.74) is 0.588. The van der Waals surface area contributed by atoms with Gasteiger partial charge in [0.15, 0.2) is 0 Å². The van der Waals surface area contributed by atoms with Gasteiger partial charge in [0.1, 0.15) is 12.4 Å². The Morgan fingerprint density at radius 3 is 2.27 bits per heavy atom. The Morgan fingerprint density at radius 2 is 1.70 bits per heavy atom. The lowest BCUT2D eigenvalue weighted by Crippen LogP contribution is -2.33. The number of benzene rings is 3. The lowest BCUT2D eigenvalue weighted by atomic mass is 10.1. The van der Waals surface area contributed by atoms with Gasteiger partial charge >= 0.3 is 12.1 Å². The highest BCUT2D eigenvalue weighted by Gasteiger charge is 2.34. The first-order chi connectivity index (χ1) is 17.4. The van der Waals surface area contributed by atoms with Gasteiger partial charge in [-0.25, -0.2) is 13.2 Å². The van der Waals surface area contributed by atoms with Gasteiger partial charge in [0.05, 0.1) is 22.7 Å². The molecule has 0 bridgehead atoms. The van der Waals surface area contributed by atoms with E-state index >= 15 is 0 Å². The topological polar surface area (TPSA) is 83.9 Å². The minimum atomic E-state index is -4.67. The van der Waals surface area contributed by atoms with Crippen LogP contribution in [0.15, 0.2) is 95.9 Å². The van der Waals surface area contributed by atoms with Crippen molar-refractivity contribution in [2.75, 3.05) is 10.8 Å². The summed E-state index contributed by atoms with van der Waals surface area (Å²) < 4.78 is 74.2. The van der Waals surface area contributed by atoms with E-state index in [4.69, 9.17) is 9.84 Å². The van der Waals surface area contributed by atoms with E-state index in [-0.39, 0.29) is 29.5 Å². The fourth-order valence-electron chi connectivity index (χ4n) is 3.33. The number of sulfonamides is 1. The summed E-state index contributed by atoms with van der Waals surface area (Å²) in [6, 6.07) is 16.7. The van der Waals surface area contributed by atoms with E-state index < -0.39 is 27.7 Å². The molecule has 3 aromatic carbocycles. The van der Waals surface area contributed by atoms with Crippen LogP contribution in [0.2, 0.25) is 0 Å². The summed E-state index contributed by atoms with van der Waals surface area (Å²) in [7, 11) is -4.17. The second-order valence-corrected chi connectivity index (χ2v) is 10.0. The number of carbonyl (C=O) groups is 1. The maximum Gasteiger partial charge on any atom is 0.416 e. The van der Waals surface area contributed by atoms with Gasteiger partial charge in [0, 0.05) is 6.08 Å². The molecule has 0 saturated heterocycles. The fraction of sp³-hybridized carbons (Fsp3) is 0.148. The van der Waals surface area contributed by atoms with Crippen LogP contribution in [0.1, 0.15) is 23.6 Å². The average Bonchev–Trinajstić information content (AvgIpc) is 2.85. The second kappa shape index (κ2) is 11.3. The number of aliphatic carboxylic acids is 1. The van der Waals surface area contributed by atoms with Crippen molar-refractivity contribution in [1.29, 1.82) is 0 Å². The van der Waals surface area contributed by atoms with Gasteiger partial charge in [-0.2, -0.15) is 13.2 Å². The molecule has 0 aliphatic carbocycles. The van der Waals surface area contributed by atoms with Crippen LogP contribution in [0.3, 0.4) is 0 Å². The van der Waals surface area contributed by atoms with Crippen molar-refractivity contribution in [2.45, 2.75) is 24.6 Å². The minimum absolute atomic E-state index is 0.0351. The van der Waals surface area contributed by atoms with Crippen LogP contribution in [0.25, 0.3) is 6.08 Å². The Labute approximate surface area is 213 Å². The predicted molar refractivity (Wildman–Crippen MR) is 135 cm³/mol. The van der Waals surface area contributed by atoms with Crippen LogP contribution in [0, 0.1) is 0 Å². The maximum absolute atomic E-state index is 13.5. The highest BCUT2D eigenvalue weighted by atomic mass is 32.2. The molecule has 0 aliphatic rings. The molecule has 3 aromatic rings. The lowest BCUT2D eigenvalue weighted by molar-refractivity contribution is -0.137. The summed E-state index contributed by atoms with van der Waals surface area (Å²) in [4.78, 5) is 10.6. The maximum atomic E-state index is 13.5. The normalized spacial score (nSPS) is 11.9. The summed E-state index contributed by atoms with van der Waals surface area (Å²) in [6.07, 6.45) is -2.31. The molecule has 194 valence electrons. The van der Waals surface area contributed by atoms with Crippen molar-refractivity contribution in [3.05, 3.63) is 108 Å². The third-order valence-corrected chi connectivity index (χ3v) is 6.87. The van der Waals surface area contributed by atoms with Crippen LogP contribution in [-0.4, -0.2) is 26.0 Å². The van der Waals surface area contributed by atoms with Crippen molar-refractivity contribution >= 4 is 27.8 Å². The monoisotopic (exact) mass is 531 g/mol. The van der Waals surface area contributed by atoms with Gasteiger partial charge in [0.25, 0.3) is 10.0 Å². The summed E-state index contributed by atoms with van der Waals surface area (Å²) in [5.74, 6) is -1.38. The van der Waals surface area contributed by atoms with Crippen LogP contribution in [-0.2, 0) is 27.6 Å². The molecule has 0 fully saturated rings. The zero-order valence-electron chi connectivity index (χ0n) is 19.8. The van der Waals surface area contributed by atoms with Crippen molar-refractivity contribution in [3.8, 4) is 5.75 Å². The van der Waals surface area contributed by atoms with Gasteiger partial charge < -0.3 is 9.84 Å². The number of carboxylic acids is 1. The predicted octanol–water partition coefficient (Wildman–Crippen LogP) is 6.15. The van der Waals surface area contributed by atoms with E-state index in [1.165, 1.54) is 18.2 Å². The van der Waals surface area contributed by atoms with E-state index in [2.05, 4.69) is 6.58 Å². The van der Waals surface area contributed by atoms with Crippen LogP contribution >= 0.6 is 0 Å². The van der Waals surface area contributed by atoms with E-state index in [1.807, 2.05) is 0 Å². The highest BCUT2D eigenvalue weighted by Crippen LogP contribution is 2.39. The van der Waals surface area contributed by atoms with E-state index in [0.717, 1.165) is 28.6 Å². The number of alkyl halides is 3. The molecule has 0 saturated carbocycles. The Balaban J connectivity index is 2.02. The van der Waals surface area contributed by atoms with Gasteiger partial charge in [-0.05, 0) is 54.5 Å². The third kappa shape index (κ3) is 7.23. The molecule has 0 aliphatic heterocycles. The number of anilines is 1. The zero-order chi connectivity index (χ0) is 27.2. The highest BCUT2D eigenvalue weighted by molar-refractivity contribution is 7.92.